The first-order valence-corrected chi connectivity index (χ1v) is 6.44. The van der Waals surface area contributed by atoms with Crippen molar-refractivity contribution in [3.05, 3.63) is 24.0 Å². The van der Waals surface area contributed by atoms with Crippen LogP contribution in [-0.2, 0) is 9.53 Å². The first-order chi connectivity index (χ1) is 9.24. The first-order valence-electron chi connectivity index (χ1n) is 6.44. The third-order valence-corrected chi connectivity index (χ3v) is 3.45. The zero-order chi connectivity index (χ0) is 13.7. The summed E-state index contributed by atoms with van der Waals surface area (Å²) in [5.74, 6) is -0.182. The number of carbonyl (C=O) groups excluding carboxylic acids is 1. The minimum Gasteiger partial charge on any atom is -0.469 e. The van der Waals surface area contributed by atoms with Crippen LogP contribution in [0.2, 0.25) is 0 Å². The maximum atomic E-state index is 11.4. The summed E-state index contributed by atoms with van der Waals surface area (Å²) in [7, 11) is 1.42. The normalized spacial score (nSPS) is 18.7. The molecule has 100 valence electrons. The number of nitrogens with zero attached hydrogens (tertiary/aromatic N) is 3. The van der Waals surface area contributed by atoms with E-state index in [9.17, 15) is 4.79 Å². The van der Waals surface area contributed by atoms with Gasteiger partial charge in [-0.15, -0.1) is 0 Å². The van der Waals surface area contributed by atoms with Crippen molar-refractivity contribution < 1.29 is 9.53 Å². The van der Waals surface area contributed by atoms with Gasteiger partial charge in [0.15, 0.2) is 0 Å². The molecule has 1 aromatic rings. The molecule has 1 fully saturated rings. The van der Waals surface area contributed by atoms with Gasteiger partial charge in [-0.25, -0.2) is 4.98 Å². The second kappa shape index (κ2) is 6.19. The average Bonchev–Trinajstić information content (AvgIpc) is 2.48. The van der Waals surface area contributed by atoms with Crippen molar-refractivity contribution in [2.45, 2.75) is 31.7 Å². The Hall–Kier alpha value is -2.09. The van der Waals surface area contributed by atoms with E-state index in [4.69, 9.17) is 10.00 Å². The molecule has 5 nitrogen and oxygen atoms in total. The SMILES string of the molecule is COC(=O)CC1CCCCN1c1ccc(C#N)nc1. The highest BCUT2D eigenvalue weighted by Crippen LogP contribution is 2.26. The second-order valence-electron chi connectivity index (χ2n) is 4.64. The van der Waals surface area contributed by atoms with Gasteiger partial charge >= 0.3 is 5.97 Å². The van der Waals surface area contributed by atoms with Gasteiger partial charge < -0.3 is 9.64 Å². The molecule has 2 heterocycles. The summed E-state index contributed by atoms with van der Waals surface area (Å²) in [4.78, 5) is 17.7. The average molecular weight is 259 g/mol. The van der Waals surface area contributed by atoms with Crippen LogP contribution in [0, 0.1) is 11.3 Å². The molecular formula is C14H17N3O2. The molecule has 1 unspecified atom stereocenters. The Balaban J connectivity index is 2.14. The summed E-state index contributed by atoms with van der Waals surface area (Å²) in [6.45, 7) is 0.912. The van der Waals surface area contributed by atoms with Gasteiger partial charge in [-0.2, -0.15) is 5.26 Å². The Labute approximate surface area is 112 Å². The number of methoxy groups -OCH3 is 1. The highest BCUT2D eigenvalue weighted by Gasteiger charge is 2.25. The lowest BCUT2D eigenvalue weighted by molar-refractivity contribution is -0.141. The van der Waals surface area contributed by atoms with Crippen LogP contribution in [0.25, 0.3) is 0 Å². The largest absolute Gasteiger partial charge is 0.469 e. The van der Waals surface area contributed by atoms with Crippen molar-refractivity contribution in [2.75, 3.05) is 18.6 Å². The van der Waals surface area contributed by atoms with E-state index in [0.717, 1.165) is 31.5 Å². The van der Waals surface area contributed by atoms with Crippen molar-refractivity contribution in [1.29, 1.82) is 5.26 Å². The van der Waals surface area contributed by atoms with Gasteiger partial charge in [-0.05, 0) is 31.4 Å². The molecule has 1 aliphatic rings. The van der Waals surface area contributed by atoms with Crippen LogP contribution in [-0.4, -0.2) is 30.6 Å². The quantitative estimate of drug-likeness (QED) is 0.775. The highest BCUT2D eigenvalue weighted by molar-refractivity contribution is 5.71. The zero-order valence-corrected chi connectivity index (χ0v) is 11.0. The number of pyridine rings is 1. The van der Waals surface area contributed by atoms with E-state index >= 15 is 0 Å². The molecule has 1 aliphatic heterocycles. The van der Waals surface area contributed by atoms with Gasteiger partial charge in [-0.3, -0.25) is 4.79 Å². The van der Waals surface area contributed by atoms with Gasteiger partial charge in [-0.1, -0.05) is 0 Å². The van der Waals surface area contributed by atoms with Crippen LogP contribution in [0.15, 0.2) is 18.3 Å². The molecule has 0 saturated carbocycles. The van der Waals surface area contributed by atoms with Crippen molar-refractivity contribution in [3.63, 3.8) is 0 Å². The summed E-state index contributed by atoms with van der Waals surface area (Å²) in [6.07, 6.45) is 5.32. The molecule has 5 heteroatoms. The molecule has 0 bridgehead atoms. The van der Waals surface area contributed by atoms with E-state index < -0.39 is 0 Å². The molecule has 0 aromatic carbocycles. The summed E-state index contributed by atoms with van der Waals surface area (Å²) in [6, 6.07) is 5.77. The third-order valence-electron chi connectivity index (χ3n) is 3.45. The molecule has 0 amide bonds. The molecule has 0 spiro atoms. The summed E-state index contributed by atoms with van der Waals surface area (Å²) in [5, 5.41) is 8.75. The van der Waals surface area contributed by atoms with E-state index in [1.54, 1.807) is 12.3 Å². The van der Waals surface area contributed by atoms with Crippen molar-refractivity contribution in [2.24, 2.45) is 0 Å². The Morgan fingerprint density at radius 2 is 2.42 bits per heavy atom. The number of ether oxygens (including phenoxy) is 1. The van der Waals surface area contributed by atoms with Crippen molar-refractivity contribution in [3.8, 4) is 6.07 Å². The van der Waals surface area contributed by atoms with Crippen LogP contribution in [0.3, 0.4) is 0 Å². The number of carbonyl (C=O) groups is 1. The molecule has 19 heavy (non-hydrogen) atoms. The monoisotopic (exact) mass is 259 g/mol. The van der Waals surface area contributed by atoms with E-state index in [1.807, 2.05) is 12.1 Å². The number of rotatable bonds is 3. The van der Waals surface area contributed by atoms with E-state index in [1.165, 1.54) is 7.11 Å². The lowest BCUT2D eigenvalue weighted by atomic mass is 9.99. The van der Waals surface area contributed by atoms with Gasteiger partial charge in [0.05, 0.1) is 25.4 Å². The van der Waals surface area contributed by atoms with Gasteiger partial charge in [0.1, 0.15) is 11.8 Å². The minimum atomic E-state index is -0.182. The van der Waals surface area contributed by atoms with Gasteiger partial charge in [0.25, 0.3) is 0 Å². The number of aromatic nitrogens is 1. The third kappa shape index (κ3) is 3.22. The second-order valence-corrected chi connectivity index (χ2v) is 4.64. The molecule has 1 atom stereocenters. The molecule has 0 N–H and O–H groups in total. The van der Waals surface area contributed by atoms with E-state index in [-0.39, 0.29) is 12.0 Å². The van der Waals surface area contributed by atoms with Gasteiger partial charge in [0.2, 0.25) is 0 Å². The highest BCUT2D eigenvalue weighted by atomic mass is 16.5. The standard InChI is InChI=1S/C14H17N3O2/c1-19-14(18)8-12-4-2-3-7-17(12)13-6-5-11(9-15)16-10-13/h5-6,10,12H,2-4,7-8H2,1H3. The number of hydrogen-bond donors (Lipinski definition) is 0. The fraction of sp³-hybridized carbons (Fsp3) is 0.500. The van der Waals surface area contributed by atoms with Crippen molar-refractivity contribution >= 4 is 11.7 Å². The number of hydrogen-bond acceptors (Lipinski definition) is 5. The maximum absolute atomic E-state index is 11.4. The number of piperidine rings is 1. The molecule has 0 aliphatic carbocycles. The van der Waals surface area contributed by atoms with Crippen LogP contribution in [0.4, 0.5) is 5.69 Å². The smallest absolute Gasteiger partial charge is 0.307 e. The molecule has 2 rings (SSSR count). The lowest BCUT2D eigenvalue weighted by Crippen LogP contribution is -2.41. The Bertz CT molecular complexity index is 478. The van der Waals surface area contributed by atoms with Crippen LogP contribution in [0.1, 0.15) is 31.4 Å². The number of anilines is 1. The molecular weight excluding hydrogens is 242 g/mol. The Morgan fingerprint density at radius 3 is 3.05 bits per heavy atom. The van der Waals surface area contributed by atoms with Crippen LogP contribution < -0.4 is 4.90 Å². The molecule has 0 radical (unpaired) electrons. The predicted molar refractivity (Wildman–Crippen MR) is 70.6 cm³/mol. The summed E-state index contributed by atoms with van der Waals surface area (Å²) < 4.78 is 4.75. The summed E-state index contributed by atoms with van der Waals surface area (Å²) in [5.41, 5.74) is 1.37. The van der Waals surface area contributed by atoms with Crippen molar-refractivity contribution in [1.82, 2.24) is 4.98 Å². The Morgan fingerprint density at radius 1 is 1.58 bits per heavy atom. The Kier molecular flexibility index (Phi) is 4.35. The number of esters is 1. The first kappa shape index (κ1) is 13.3. The van der Waals surface area contributed by atoms with Gasteiger partial charge in [0, 0.05) is 12.6 Å². The topological polar surface area (TPSA) is 66.2 Å². The van der Waals surface area contributed by atoms with E-state index in [2.05, 4.69) is 9.88 Å². The van der Waals surface area contributed by atoms with Crippen LogP contribution >= 0.6 is 0 Å². The minimum absolute atomic E-state index is 0.163. The fourth-order valence-electron chi connectivity index (χ4n) is 2.45. The molecule has 1 saturated heterocycles. The maximum Gasteiger partial charge on any atom is 0.307 e. The predicted octanol–water partition coefficient (Wildman–Crippen LogP) is 1.88. The van der Waals surface area contributed by atoms with E-state index in [0.29, 0.717) is 12.1 Å². The summed E-state index contributed by atoms with van der Waals surface area (Å²) >= 11 is 0. The lowest BCUT2D eigenvalue weighted by Gasteiger charge is -2.36. The number of nitriles is 1. The zero-order valence-electron chi connectivity index (χ0n) is 11.0. The molecule has 1 aromatic heterocycles. The van der Waals surface area contributed by atoms with Crippen LogP contribution in [0.5, 0.6) is 0 Å². The fourth-order valence-corrected chi connectivity index (χ4v) is 2.45.